The predicted molar refractivity (Wildman–Crippen MR) is 103 cm³/mol. The van der Waals surface area contributed by atoms with Gasteiger partial charge in [-0.25, -0.2) is 4.98 Å². The SMILES string of the molecule is O=C(C1CCCCC1)N(Cc1cccnc1)c1nc2ccc(O)cc2s1. The topological polar surface area (TPSA) is 66.3 Å². The zero-order chi connectivity index (χ0) is 17.9. The first-order valence-corrected chi connectivity index (χ1v) is 9.82. The molecule has 0 radical (unpaired) electrons. The number of rotatable bonds is 4. The Morgan fingerprint density at radius 1 is 1.23 bits per heavy atom. The molecule has 1 amide bonds. The van der Waals surface area contributed by atoms with Crippen molar-refractivity contribution in [3.8, 4) is 5.75 Å². The van der Waals surface area contributed by atoms with E-state index in [-0.39, 0.29) is 17.6 Å². The Kier molecular flexibility index (Phi) is 4.84. The lowest BCUT2D eigenvalue weighted by Crippen LogP contribution is -2.36. The molecule has 0 aliphatic heterocycles. The van der Waals surface area contributed by atoms with Crippen LogP contribution in [0.25, 0.3) is 10.2 Å². The number of hydrogen-bond donors (Lipinski definition) is 1. The molecule has 1 saturated carbocycles. The molecule has 0 spiro atoms. The van der Waals surface area contributed by atoms with Crippen LogP contribution in [0.15, 0.2) is 42.7 Å². The number of amides is 1. The number of phenols is 1. The standard InChI is InChI=1S/C20H21N3O2S/c24-16-8-9-17-18(11-16)26-20(22-17)23(13-14-5-4-10-21-12-14)19(25)15-6-2-1-3-7-15/h4-5,8-12,15,24H,1-3,6-7,13H2. The van der Waals surface area contributed by atoms with E-state index in [1.807, 2.05) is 12.1 Å². The van der Waals surface area contributed by atoms with Gasteiger partial charge in [0.2, 0.25) is 5.91 Å². The lowest BCUT2D eigenvalue weighted by molar-refractivity contribution is -0.123. The number of aromatic hydroxyl groups is 1. The number of thiazole rings is 1. The number of nitrogens with zero attached hydrogens (tertiary/aromatic N) is 3. The molecule has 0 unspecified atom stereocenters. The van der Waals surface area contributed by atoms with Crippen LogP contribution < -0.4 is 4.90 Å². The van der Waals surface area contributed by atoms with Crippen LogP contribution in [0.1, 0.15) is 37.7 Å². The largest absolute Gasteiger partial charge is 0.508 e. The van der Waals surface area contributed by atoms with Crippen LogP contribution in [-0.4, -0.2) is 21.0 Å². The van der Waals surface area contributed by atoms with E-state index < -0.39 is 0 Å². The van der Waals surface area contributed by atoms with Crippen molar-refractivity contribution in [1.82, 2.24) is 9.97 Å². The van der Waals surface area contributed by atoms with Crippen molar-refractivity contribution in [3.63, 3.8) is 0 Å². The van der Waals surface area contributed by atoms with Crippen LogP contribution in [-0.2, 0) is 11.3 Å². The van der Waals surface area contributed by atoms with Gasteiger partial charge in [0.15, 0.2) is 5.13 Å². The Morgan fingerprint density at radius 2 is 2.08 bits per heavy atom. The molecule has 1 aliphatic rings. The first-order chi connectivity index (χ1) is 12.7. The Labute approximate surface area is 156 Å². The molecule has 2 aromatic heterocycles. The van der Waals surface area contributed by atoms with Crippen LogP contribution in [0.5, 0.6) is 5.75 Å². The third-order valence-corrected chi connectivity index (χ3v) is 5.92. The van der Waals surface area contributed by atoms with Crippen molar-refractivity contribution in [2.75, 3.05) is 4.90 Å². The fraction of sp³-hybridized carbons (Fsp3) is 0.350. The molecule has 0 saturated heterocycles. The molecular formula is C20H21N3O2S. The zero-order valence-corrected chi connectivity index (χ0v) is 15.3. The minimum absolute atomic E-state index is 0.0702. The molecule has 0 bridgehead atoms. The van der Waals surface area contributed by atoms with Gasteiger partial charge in [0.25, 0.3) is 0 Å². The molecule has 4 rings (SSSR count). The van der Waals surface area contributed by atoms with E-state index in [0.29, 0.717) is 11.7 Å². The number of anilines is 1. The van der Waals surface area contributed by atoms with Gasteiger partial charge in [-0.3, -0.25) is 14.7 Å². The lowest BCUT2D eigenvalue weighted by atomic mass is 9.88. The molecule has 26 heavy (non-hydrogen) atoms. The van der Waals surface area contributed by atoms with Crippen LogP contribution in [0, 0.1) is 5.92 Å². The van der Waals surface area contributed by atoms with Crippen molar-refractivity contribution in [3.05, 3.63) is 48.3 Å². The van der Waals surface area contributed by atoms with Crippen molar-refractivity contribution < 1.29 is 9.90 Å². The third kappa shape index (κ3) is 3.55. The molecule has 1 fully saturated rings. The van der Waals surface area contributed by atoms with Crippen molar-refractivity contribution in [1.29, 1.82) is 0 Å². The van der Waals surface area contributed by atoms with Gasteiger partial charge in [-0.15, -0.1) is 0 Å². The Bertz CT molecular complexity index is 904. The highest BCUT2D eigenvalue weighted by atomic mass is 32.1. The Morgan fingerprint density at radius 3 is 2.85 bits per heavy atom. The average molecular weight is 367 g/mol. The summed E-state index contributed by atoms with van der Waals surface area (Å²) in [5.41, 5.74) is 1.79. The van der Waals surface area contributed by atoms with E-state index >= 15 is 0 Å². The van der Waals surface area contributed by atoms with E-state index in [9.17, 15) is 9.90 Å². The van der Waals surface area contributed by atoms with Crippen LogP contribution in [0.2, 0.25) is 0 Å². The highest BCUT2D eigenvalue weighted by Crippen LogP contribution is 2.34. The van der Waals surface area contributed by atoms with E-state index in [1.165, 1.54) is 17.8 Å². The third-order valence-electron chi connectivity index (χ3n) is 4.88. The molecular weight excluding hydrogens is 346 g/mol. The molecule has 5 nitrogen and oxygen atoms in total. The number of hydrogen-bond acceptors (Lipinski definition) is 5. The number of carbonyl (C=O) groups excluding carboxylic acids is 1. The Balaban J connectivity index is 1.69. The van der Waals surface area contributed by atoms with Crippen LogP contribution in [0.3, 0.4) is 0 Å². The molecule has 2 heterocycles. The fourth-order valence-corrected chi connectivity index (χ4v) is 4.50. The summed E-state index contributed by atoms with van der Waals surface area (Å²) < 4.78 is 0.882. The quantitative estimate of drug-likeness (QED) is 0.737. The van der Waals surface area contributed by atoms with E-state index in [1.54, 1.807) is 35.5 Å². The van der Waals surface area contributed by atoms with Crippen molar-refractivity contribution in [2.45, 2.75) is 38.6 Å². The van der Waals surface area contributed by atoms with Crippen molar-refractivity contribution in [2.24, 2.45) is 5.92 Å². The number of aromatic nitrogens is 2. The van der Waals surface area contributed by atoms with Gasteiger partial charge in [-0.1, -0.05) is 36.7 Å². The minimum Gasteiger partial charge on any atom is -0.508 e. The molecule has 1 N–H and O–H groups in total. The summed E-state index contributed by atoms with van der Waals surface area (Å²) in [7, 11) is 0. The average Bonchev–Trinajstić information content (AvgIpc) is 3.10. The molecule has 1 aliphatic carbocycles. The van der Waals surface area contributed by atoms with Gasteiger partial charge >= 0.3 is 0 Å². The second kappa shape index (κ2) is 7.41. The Hall–Kier alpha value is -2.47. The summed E-state index contributed by atoms with van der Waals surface area (Å²) in [6.07, 6.45) is 8.88. The molecule has 6 heteroatoms. The van der Waals surface area contributed by atoms with Gasteiger partial charge in [0.1, 0.15) is 5.75 Å². The van der Waals surface area contributed by atoms with Gasteiger partial charge in [0.05, 0.1) is 16.8 Å². The smallest absolute Gasteiger partial charge is 0.232 e. The fourth-order valence-electron chi connectivity index (χ4n) is 3.50. The van der Waals surface area contributed by atoms with Crippen LogP contribution in [0.4, 0.5) is 5.13 Å². The van der Waals surface area contributed by atoms with Gasteiger partial charge in [-0.2, -0.15) is 0 Å². The van der Waals surface area contributed by atoms with E-state index in [0.717, 1.165) is 41.5 Å². The summed E-state index contributed by atoms with van der Waals surface area (Å²) in [4.78, 5) is 23.9. The maximum atomic E-state index is 13.3. The molecule has 134 valence electrons. The summed E-state index contributed by atoms with van der Waals surface area (Å²) in [6.45, 7) is 0.467. The minimum atomic E-state index is 0.0702. The molecule has 1 aromatic carbocycles. The van der Waals surface area contributed by atoms with Gasteiger partial charge in [0, 0.05) is 18.3 Å². The van der Waals surface area contributed by atoms with E-state index in [2.05, 4.69) is 9.97 Å². The first-order valence-electron chi connectivity index (χ1n) is 9.00. The number of benzene rings is 1. The summed E-state index contributed by atoms with van der Waals surface area (Å²) in [5, 5.41) is 10.4. The van der Waals surface area contributed by atoms with E-state index in [4.69, 9.17) is 0 Å². The maximum absolute atomic E-state index is 13.3. The highest BCUT2D eigenvalue weighted by molar-refractivity contribution is 7.22. The lowest BCUT2D eigenvalue weighted by Gasteiger charge is -2.27. The monoisotopic (exact) mass is 367 g/mol. The summed E-state index contributed by atoms with van der Waals surface area (Å²) in [5.74, 6) is 0.433. The number of pyridine rings is 1. The number of carbonyl (C=O) groups is 1. The molecule has 3 aromatic rings. The second-order valence-electron chi connectivity index (χ2n) is 6.77. The summed E-state index contributed by atoms with van der Waals surface area (Å²) in [6, 6.07) is 8.98. The highest BCUT2D eigenvalue weighted by Gasteiger charge is 2.29. The first kappa shape index (κ1) is 17.0. The summed E-state index contributed by atoms with van der Waals surface area (Å²) >= 11 is 1.44. The van der Waals surface area contributed by atoms with Gasteiger partial charge < -0.3 is 5.11 Å². The maximum Gasteiger partial charge on any atom is 0.232 e. The normalized spacial score (nSPS) is 15.2. The zero-order valence-electron chi connectivity index (χ0n) is 14.5. The predicted octanol–water partition coefficient (Wildman–Crippen LogP) is 4.51. The van der Waals surface area contributed by atoms with Crippen LogP contribution >= 0.6 is 11.3 Å². The van der Waals surface area contributed by atoms with Gasteiger partial charge in [-0.05, 0) is 42.7 Å². The number of fused-ring (bicyclic) bond motifs is 1. The number of phenolic OH excluding ortho intramolecular Hbond substituents is 1. The second-order valence-corrected chi connectivity index (χ2v) is 7.78. The molecule has 0 atom stereocenters. The van der Waals surface area contributed by atoms with Crippen molar-refractivity contribution >= 4 is 32.6 Å².